The number of ether oxygens (including phenoxy) is 4. The van der Waals surface area contributed by atoms with E-state index < -0.39 is 97.5 Å². The molecule has 0 aromatic rings. The number of carbonyl (C=O) groups excluding carboxylic acids is 4. The summed E-state index contributed by atoms with van der Waals surface area (Å²) in [5.74, 6) is -1.36. The summed E-state index contributed by atoms with van der Waals surface area (Å²) in [4.78, 5) is 72.1. The maximum atomic E-state index is 13.0. The molecular weight excluding hydrogens is 1130 g/mol. The quantitative estimate of drug-likeness (QED) is 0.0222. The van der Waals surface area contributed by atoms with Crippen molar-refractivity contribution in [3.63, 3.8) is 0 Å². The third-order valence-electron chi connectivity index (χ3n) is 15.3. The van der Waals surface area contributed by atoms with E-state index in [1.807, 2.05) is 0 Å². The number of unbranched alkanes of at least 4 members (excludes halogenated alkanes) is 38. The molecule has 85 heavy (non-hydrogen) atoms. The third kappa shape index (κ3) is 60.7. The van der Waals surface area contributed by atoms with E-state index in [0.29, 0.717) is 25.7 Å². The molecule has 0 saturated heterocycles. The number of phosphoric acid groups is 2. The molecule has 0 aromatic carbocycles. The minimum Gasteiger partial charge on any atom is -0.462 e. The predicted molar refractivity (Wildman–Crippen MR) is 340 cm³/mol. The zero-order valence-electron chi connectivity index (χ0n) is 54.7. The van der Waals surface area contributed by atoms with E-state index >= 15 is 0 Å². The monoisotopic (exact) mass is 1250 g/mol. The van der Waals surface area contributed by atoms with Crippen LogP contribution in [0.25, 0.3) is 0 Å². The Labute approximate surface area is 517 Å². The lowest BCUT2D eigenvalue weighted by Crippen LogP contribution is -2.30. The minimum atomic E-state index is -4.95. The van der Waals surface area contributed by atoms with Gasteiger partial charge in [-0.25, -0.2) is 9.13 Å². The number of rotatable bonds is 66. The Kier molecular flexibility index (Phi) is 58.3. The summed E-state index contributed by atoms with van der Waals surface area (Å²) in [6, 6.07) is 0. The normalized spacial score (nSPS) is 14.2. The Hall–Kier alpha value is -1.94. The van der Waals surface area contributed by atoms with Gasteiger partial charge < -0.3 is 33.8 Å². The van der Waals surface area contributed by atoms with Gasteiger partial charge in [0.2, 0.25) is 0 Å². The van der Waals surface area contributed by atoms with Crippen molar-refractivity contribution in [2.75, 3.05) is 39.6 Å². The standard InChI is InChI=1S/C66H128O17P2/c1-6-9-12-15-17-19-21-23-28-31-35-40-45-50-64(69)77-56-62(83-66(71)52-47-42-37-33-29-25-24-26-30-34-39-43-48-59(4)5)58-81-85(74,75)79-54-60(67)53-78-84(72,73)80-57-61(55-76-63(68)49-44-38-14-11-8-3)82-65(70)51-46-41-36-32-27-22-20-18-16-13-10-7-2/h59-62,67H,6-58H2,1-5H3,(H,72,73)(H,74,75)/t60-,61+,62+/m0/s1. The van der Waals surface area contributed by atoms with Crippen LogP contribution in [0.1, 0.15) is 336 Å². The van der Waals surface area contributed by atoms with Crippen molar-refractivity contribution in [1.82, 2.24) is 0 Å². The fraction of sp³-hybridized carbons (Fsp3) is 0.939. The summed E-state index contributed by atoms with van der Waals surface area (Å²) in [5.41, 5.74) is 0. The van der Waals surface area contributed by atoms with Crippen molar-refractivity contribution in [2.24, 2.45) is 5.92 Å². The van der Waals surface area contributed by atoms with Gasteiger partial charge in [-0.1, -0.05) is 285 Å². The van der Waals surface area contributed by atoms with Crippen LogP contribution < -0.4 is 0 Å². The molecule has 0 heterocycles. The van der Waals surface area contributed by atoms with Gasteiger partial charge in [-0.15, -0.1) is 0 Å². The molecule has 0 aromatic heterocycles. The topological polar surface area (TPSA) is 237 Å². The summed E-state index contributed by atoms with van der Waals surface area (Å²) in [6.07, 6.45) is 44.7. The van der Waals surface area contributed by atoms with Crippen LogP contribution in [0, 0.1) is 5.92 Å². The molecular formula is C66H128O17P2. The van der Waals surface area contributed by atoms with Crippen molar-refractivity contribution < 1.29 is 80.2 Å². The zero-order valence-corrected chi connectivity index (χ0v) is 56.5. The second-order valence-corrected chi connectivity index (χ2v) is 27.2. The van der Waals surface area contributed by atoms with Crippen LogP contribution in [-0.4, -0.2) is 96.7 Å². The summed E-state index contributed by atoms with van der Waals surface area (Å²) in [5, 5.41) is 10.5. The molecule has 0 aliphatic rings. The number of hydrogen-bond acceptors (Lipinski definition) is 15. The number of carbonyl (C=O) groups is 4. The van der Waals surface area contributed by atoms with Crippen molar-refractivity contribution >= 4 is 39.5 Å². The van der Waals surface area contributed by atoms with Crippen molar-refractivity contribution in [3.05, 3.63) is 0 Å². The Morgan fingerprint density at radius 3 is 0.800 bits per heavy atom. The van der Waals surface area contributed by atoms with Crippen molar-refractivity contribution in [2.45, 2.75) is 355 Å². The summed E-state index contributed by atoms with van der Waals surface area (Å²) < 4.78 is 67.9. The Bertz CT molecular complexity index is 1650. The SMILES string of the molecule is CCCCCCCCCCCCCCCC(=O)OC[C@H](COP(=O)(O)OC[C@@H](O)COP(=O)(O)OC[C@@H](COC(=O)CCCCCCC)OC(=O)CCCCCCCCCCCCCC)OC(=O)CCCCCCCCCCCCCCC(C)C. The molecule has 0 saturated carbocycles. The first-order valence-corrected chi connectivity index (χ1v) is 37.6. The zero-order chi connectivity index (χ0) is 62.8. The van der Waals surface area contributed by atoms with E-state index in [9.17, 15) is 43.2 Å². The molecule has 2 unspecified atom stereocenters. The lowest BCUT2D eigenvalue weighted by Gasteiger charge is -2.21. The first-order valence-electron chi connectivity index (χ1n) is 34.6. The van der Waals surface area contributed by atoms with Gasteiger partial charge in [0.25, 0.3) is 0 Å². The van der Waals surface area contributed by atoms with E-state index in [0.717, 1.165) is 102 Å². The van der Waals surface area contributed by atoms with E-state index in [2.05, 4.69) is 34.6 Å². The number of aliphatic hydroxyl groups excluding tert-OH is 1. The van der Waals surface area contributed by atoms with Crippen LogP contribution in [0.3, 0.4) is 0 Å². The summed E-state index contributed by atoms with van der Waals surface area (Å²) >= 11 is 0. The van der Waals surface area contributed by atoms with Gasteiger partial charge in [0.1, 0.15) is 19.3 Å². The van der Waals surface area contributed by atoms with Gasteiger partial charge in [-0.3, -0.25) is 37.3 Å². The molecule has 17 nitrogen and oxygen atoms in total. The molecule has 0 radical (unpaired) electrons. The smallest absolute Gasteiger partial charge is 0.462 e. The lowest BCUT2D eigenvalue weighted by molar-refractivity contribution is -0.161. The fourth-order valence-corrected chi connectivity index (χ4v) is 11.5. The van der Waals surface area contributed by atoms with E-state index in [4.69, 9.17) is 37.0 Å². The largest absolute Gasteiger partial charge is 0.472 e. The molecule has 0 bridgehead atoms. The average Bonchev–Trinajstić information content (AvgIpc) is 3.51. The fourth-order valence-electron chi connectivity index (χ4n) is 9.94. The van der Waals surface area contributed by atoms with Crippen LogP contribution in [0.5, 0.6) is 0 Å². The average molecular weight is 1260 g/mol. The van der Waals surface area contributed by atoms with Crippen LogP contribution >= 0.6 is 15.6 Å². The lowest BCUT2D eigenvalue weighted by atomic mass is 10.0. The summed E-state index contributed by atoms with van der Waals surface area (Å²) in [7, 11) is -9.88. The first-order chi connectivity index (χ1) is 41.0. The number of phosphoric ester groups is 2. The number of aliphatic hydroxyl groups is 1. The molecule has 0 rings (SSSR count). The first kappa shape index (κ1) is 83.1. The van der Waals surface area contributed by atoms with Gasteiger partial charge in [-0.2, -0.15) is 0 Å². The highest BCUT2D eigenvalue weighted by atomic mass is 31.2. The van der Waals surface area contributed by atoms with Gasteiger partial charge in [-0.05, 0) is 31.6 Å². The Morgan fingerprint density at radius 2 is 0.541 bits per heavy atom. The molecule has 504 valence electrons. The Morgan fingerprint density at radius 1 is 0.318 bits per heavy atom. The van der Waals surface area contributed by atoms with E-state index in [1.54, 1.807) is 0 Å². The molecule has 3 N–H and O–H groups in total. The van der Waals surface area contributed by atoms with E-state index in [1.165, 1.54) is 154 Å². The number of esters is 4. The molecule has 0 spiro atoms. The molecule has 19 heteroatoms. The van der Waals surface area contributed by atoms with Crippen molar-refractivity contribution in [1.29, 1.82) is 0 Å². The summed E-state index contributed by atoms with van der Waals surface area (Å²) in [6.45, 7) is 7.14. The van der Waals surface area contributed by atoms with Crippen molar-refractivity contribution in [3.8, 4) is 0 Å². The molecule has 0 fully saturated rings. The maximum Gasteiger partial charge on any atom is 0.472 e. The Balaban J connectivity index is 5.17. The minimum absolute atomic E-state index is 0.106. The highest BCUT2D eigenvalue weighted by molar-refractivity contribution is 7.47. The third-order valence-corrected chi connectivity index (χ3v) is 17.2. The second kappa shape index (κ2) is 59.7. The number of hydrogen-bond donors (Lipinski definition) is 3. The predicted octanol–water partition coefficient (Wildman–Crippen LogP) is 18.6. The molecule has 0 aliphatic heterocycles. The van der Waals surface area contributed by atoms with Crippen LogP contribution in [0.2, 0.25) is 0 Å². The van der Waals surface area contributed by atoms with Crippen LogP contribution in [-0.2, 0) is 65.4 Å². The van der Waals surface area contributed by atoms with Gasteiger partial charge in [0, 0.05) is 25.7 Å². The maximum absolute atomic E-state index is 13.0. The molecule has 0 amide bonds. The second-order valence-electron chi connectivity index (χ2n) is 24.3. The highest BCUT2D eigenvalue weighted by Gasteiger charge is 2.30. The molecule has 0 aliphatic carbocycles. The van der Waals surface area contributed by atoms with Gasteiger partial charge in [0.15, 0.2) is 12.2 Å². The van der Waals surface area contributed by atoms with E-state index in [-0.39, 0.29) is 25.7 Å². The van der Waals surface area contributed by atoms with Gasteiger partial charge in [0.05, 0.1) is 26.4 Å². The van der Waals surface area contributed by atoms with Crippen LogP contribution in [0.4, 0.5) is 0 Å². The molecule has 5 atom stereocenters. The highest BCUT2D eigenvalue weighted by Crippen LogP contribution is 2.45. The van der Waals surface area contributed by atoms with Crippen LogP contribution in [0.15, 0.2) is 0 Å². The van der Waals surface area contributed by atoms with Gasteiger partial charge >= 0.3 is 39.5 Å².